The number of carbonyl (C=O) groups is 3. The minimum Gasteiger partial charge on any atom is -0.481 e. The van der Waals surface area contributed by atoms with Crippen molar-refractivity contribution in [3.63, 3.8) is 0 Å². The molecule has 3 aromatic rings. The Morgan fingerprint density at radius 3 is 2.15 bits per heavy atom. The quantitative estimate of drug-likeness (QED) is 0.460. The van der Waals surface area contributed by atoms with Crippen LogP contribution in [0.25, 0.3) is 10.8 Å². The number of fused-ring (bicyclic) bond motifs is 1. The molecule has 0 aliphatic carbocycles. The molecule has 2 atom stereocenters. The highest BCUT2D eigenvalue weighted by atomic mass is 35.5. The molecule has 3 aromatic carbocycles. The summed E-state index contributed by atoms with van der Waals surface area (Å²) in [7, 11) is 0. The van der Waals surface area contributed by atoms with Gasteiger partial charge in [0.25, 0.3) is 17.7 Å². The number of halogens is 1. The molecule has 172 valence electrons. The molecule has 1 unspecified atom stereocenters. The van der Waals surface area contributed by atoms with Gasteiger partial charge in [0, 0.05) is 0 Å². The molecule has 0 fully saturated rings. The van der Waals surface area contributed by atoms with E-state index in [9.17, 15) is 14.4 Å². The predicted molar refractivity (Wildman–Crippen MR) is 128 cm³/mol. The van der Waals surface area contributed by atoms with E-state index in [-0.39, 0.29) is 16.5 Å². The van der Waals surface area contributed by atoms with Crippen LogP contribution >= 0.6 is 11.6 Å². The first kappa shape index (κ1) is 24.1. The zero-order valence-electron chi connectivity index (χ0n) is 18.6. The van der Waals surface area contributed by atoms with Gasteiger partial charge in [-0.25, -0.2) is 0 Å². The maximum atomic E-state index is 12.7. The van der Waals surface area contributed by atoms with Crippen molar-refractivity contribution in [3.05, 3.63) is 77.3 Å². The molecule has 0 aliphatic heterocycles. The molecule has 0 aliphatic rings. The van der Waals surface area contributed by atoms with Crippen molar-refractivity contribution in [3.8, 4) is 5.75 Å². The fourth-order valence-corrected chi connectivity index (χ4v) is 3.42. The molecule has 0 heterocycles. The normalized spacial score (nSPS) is 12.6. The van der Waals surface area contributed by atoms with Crippen LogP contribution in [0.5, 0.6) is 5.75 Å². The molecule has 0 bridgehead atoms. The van der Waals surface area contributed by atoms with Crippen LogP contribution in [0.1, 0.15) is 31.1 Å². The first-order valence-electron chi connectivity index (χ1n) is 10.6. The summed E-state index contributed by atoms with van der Waals surface area (Å²) in [6, 6.07) is 19.0. The molecule has 8 heteroatoms. The molecular weight excluding hydrogens is 442 g/mol. The summed E-state index contributed by atoms with van der Waals surface area (Å²) in [4.78, 5) is 37.6. The smallest absolute Gasteiger partial charge is 0.279 e. The zero-order valence-corrected chi connectivity index (χ0v) is 19.3. The molecule has 0 saturated carbocycles. The Morgan fingerprint density at radius 2 is 1.45 bits per heavy atom. The fraction of sp³-hybridized carbons (Fsp3) is 0.240. The van der Waals surface area contributed by atoms with E-state index in [1.807, 2.05) is 36.4 Å². The number of amides is 3. The molecule has 0 spiro atoms. The van der Waals surface area contributed by atoms with E-state index < -0.39 is 29.9 Å². The van der Waals surface area contributed by atoms with Gasteiger partial charge in [-0.05, 0) is 47.9 Å². The van der Waals surface area contributed by atoms with Gasteiger partial charge in [-0.2, -0.15) is 0 Å². The number of ether oxygens (including phenoxy) is 1. The number of carbonyl (C=O) groups excluding carboxylic acids is 3. The van der Waals surface area contributed by atoms with Crippen molar-refractivity contribution < 1.29 is 19.1 Å². The van der Waals surface area contributed by atoms with E-state index in [1.165, 1.54) is 0 Å². The molecule has 7 nitrogen and oxygen atoms in total. The Labute approximate surface area is 197 Å². The van der Waals surface area contributed by atoms with Gasteiger partial charge in [0.15, 0.2) is 6.10 Å². The Bertz CT molecular complexity index is 1170. The number of benzene rings is 3. The first-order valence-corrected chi connectivity index (χ1v) is 10.9. The van der Waals surface area contributed by atoms with E-state index in [1.54, 1.807) is 51.1 Å². The van der Waals surface area contributed by atoms with Crippen molar-refractivity contribution >= 4 is 40.1 Å². The lowest BCUT2D eigenvalue weighted by Crippen LogP contribution is -2.56. The van der Waals surface area contributed by atoms with Crippen LogP contribution in [0.3, 0.4) is 0 Å². The second-order valence-electron chi connectivity index (χ2n) is 7.92. The third-order valence-corrected chi connectivity index (χ3v) is 5.40. The Kier molecular flexibility index (Phi) is 7.90. The third kappa shape index (κ3) is 6.23. The molecule has 3 amide bonds. The molecule has 33 heavy (non-hydrogen) atoms. The number of rotatable bonds is 7. The number of hydrazine groups is 1. The summed E-state index contributed by atoms with van der Waals surface area (Å²) in [6.07, 6.45) is -0.860. The SMILES string of the molecule is CC(Oc1ccc2ccccc2c1)C(=O)NNC(=O)[C@@H](NC(=O)c1ccccc1Cl)C(C)C. The summed E-state index contributed by atoms with van der Waals surface area (Å²) in [5.74, 6) is -1.27. The summed E-state index contributed by atoms with van der Waals surface area (Å²) in [5, 5.41) is 5.00. The van der Waals surface area contributed by atoms with Gasteiger partial charge in [-0.1, -0.05) is 67.9 Å². The van der Waals surface area contributed by atoms with E-state index in [4.69, 9.17) is 16.3 Å². The zero-order chi connectivity index (χ0) is 24.0. The van der Waals surface area contributed by atoms with E-state index >= 15 is 0 Å². The first-order chi connectivity index (χ1) is 15.8. The van der Waals surface area contributed by atoms with Gasteiger partial charge in [-0.15, -0.1) is 0 Å². The monoisotopic (exact) mass is 467 g/mol. The van der Waals surface area contributed by atoms with Crippen molar-refractivity contribution in [1.29, 1.82) is 0 Å². The van der Waals surface area contributed by atoms with Crippen LogP contribution in [-0.2, 0) is 9.59 Å². The van der Waals surface area contributed by atoms with Crippen molar-refractivity contribution in [2.45, 2.75) is 32.9 Å². The Balaban J connectivity index is 1.57. The molecular formula is C25H26ClN3O4. The maximum absolute atomic E-state index is 12.7. The number of hydrogen-bond donors (Lipinski definition) is 3. The van der Waals surface area contributed by atoms with E-state index in [0.29, 0.717) is 5.75 Å². The van der Waals surface area contributed by atoms with Crippen LogP contribution < -0.4 is 20.9 Å². The van der Waals surface area contributed by atoms with Crippen LogP contribution in [0.4, 0.5) is 0 Å². The summed E-state index contributed by atoms with van der Waals surface area (Å²) >= 11 is 6.07. The summed E-state index contributed by atoms with van der Waals surface area (Å²) in [6.45, 7) is 5.14. The molecule has 0 saturated heterocycles. The van der Waals surface area contributed by atoms with E-state index in [0.717, 1.165) is 10.8 Å². The van der Waals surface area contributed by atoms with Gasteiger partial charge < -0.3 is 10.1 Å². The summed E-state index contributed by atoms with van der Waals surface area (Å²) < 4.78 is 5.71. The van der Waals surface area contributed by atoms with Crippen LogP contribution in [0.15, 0.2) is 66.7 Å². The second kappa shape index (κ2) is 10.8. The minimum absolute atomic E-state index is 0.236. The van der Waals surface area contributed by atoms with Crippen LogP contribution in [-0.4, -0.2) is 29.9 Å². The molecule has 3 rings (SSSR count). The number of nitrogens with one attached hydrogen (secondary N) is 3. The molecule has 0 aromatic heterocycles. The largest absolute Gasteiger partial charge is 0.481 e. The Hall–Kier alpha value is -3.58. The lowest BCUT2D eigenvalue weighted by molar-refractivity contribution is -0.133. The molecule has 3 N–H and O–H groups in total. The van der Waals surface area contributed by atoms with Crippen molar-refractivity contribution in [2.75, 3.05) is 0 Å². The van der Waals surface area contributed by atoms with Gasteiger partial charge in [0.2, 0.25) is 0 Å². The summed E-state index contributed by atoms with van der Waals surface area (Å²) in [5.41, 5.74) is 4.99. The van der Waals surface area contributed by atoms with E-state index in [2.05, 4.69) is 16.2 Å². The fourth-order valence-electron chi connectivity index (χ4n) is 3.20. The average molecular weight is 468 g/mol. The van der Waals surface area contributed by atoms with Gasteiger partial charge >= 0.3 is 0 Å². The lowest BCUT2D eigenvalue weighted by atomic mass is 10.0. The highest BCUT2D eigenvalue weighted by Gasteiger charge is 2.26. The predicted octanol–water partition coefficient (Wildman–Crippen LogP) is 3.86. The lowest BCUT2D eigenvalue weighted by Gasteiger charge is -2.23. The van der Waals surface area contributed by atoms with Crippen LogP contribution in [0, 0.1) is 5.92 Å². The van der Waals surface area contributed by atoms with Crippen molar-refractivity contribution in [2.24, 2.45) is 5.92 Å². The topological polar surface area (TPSA) is 96.5 Å². The highest BCUT2D eigenvalue weighted by Crippen LogP contribution is 2.21. The van der Waals surface area contributed by atoms with Gasteiger partial charge in [-0.3, -0.25) is 25.2 Å². The second-order valence-corrected chi connectivity index (χ2v) is 8.33. The standard InChI is InChI=1S/C25H26ClN3O4/c1-15(2)22(27-24(31)20-10-6-7-11-21(20)26)25(32)29-28-23(30)16(3)33-19-13-12-17-8-4-5-9-18(17)14-19/h4-16,22H,1-3H3,(H,27,31)(H,28,30)(H,29,32)/t16?,22-/m0/s1. The Morgan fingerprint density at radius 1 is 0.818 bits per heavy atom. The van der Waals surface area contributed by atoms with Crippen LogP contribution in [0.2, 0.25) is 5.02 Å². The minimum atomic E-state index is -0.884. The molecule has 0 radical (unpaired) electrons. The third-order valence-electron chi connectivity index (χ3n) is 5.07. The number of hydrogen-bond acceptors (Lipinski definition) is 4. The van der Waals surface area contributed by atoms with Gasteiger partial charge in [0.1, 0.15) is 11.8 Å². The maximum Gasteiger partial charge on any atom is 0.279 e. The van der Waals surface area contributed by atoms with Gasteiger partial charge in [0.05, 0.1) is 10.6 Å². The van der Waals surface area contributed by atoms with Crippen molar-refractivity contribution in [1.82, 2.24) is 16.2 Å². The highest BCUT2D eigenvalue weighted by molar-refractivity contribution is 6.33. The average Bonchev–Trinajstić information content (AvgIpc) is 2.80.